The Morgan fingerprint density at radius 2 is 0.869 bits per heavy atom. The summed E-state index contributed by atoms with van der Waals surface area (Å²) in [6, 6.07) is 15.1. The molecule has 0 fully saturated rings. The Morgan fingerprint density at radius 1 is 0.525 bits per heavy atom. The maximum Gasteiger partial charge on any atom is 0.271 e. The summed E-state index contributed by atoms with van der Waals surface area (Å²) in [7, 11) is 0. The van der Waals surface area contributed by atoms with Crippen molar-refractivity contribution in [2.24, 2.45) is 9.98 Å². The fraction of sp³-hybridized carbons (Fsp3) is 0.184. The van der Waals surface area contributed by atoms with Crippen LogP contribution < -0.4 is 0 Å². The van der Waals surface area contributed by atoms with Crippen molar-refractivity contribution >= 4 is 46.3 Å². The highest BCUT2D eigenvalue weighted by atomic mass is 19.2. The molecule has 0 bridgehead atoms. The molecule has 0 spiro atoms. The van der Waals surface area contributed by atoms with E-state index >= 15 is 0 Å². The number of hydrogen-bond donors (Lipinski definition) is 0. The van der Waals surface area contributed by atoms with E-state index in [0.717, 1.165) is 68.8 Å². The molecule has 8 nitrogen and oxygen atoms in total. The smallest absolute Gasteiger partial charge is 0.271 e. The largest absolute Gasteiger partial charge is 0.287 e. The van der Waals surface area contributed by atoms with Crippen LogP contribution >= 0.6 is 0 Å². The van der Waals surface area contributed by atoms with Gasteiger partial charge >= 0.3 is 0 Å². The van der Waals surface area contributed by atoms with Crippen molar-refractivity contribution in [2.45, 2.75) is 57.8 Å². The number of hydrogen-bond acceptors (Lipinski definition) is 6. The lowest BCUT2D eigenvalue weighted by molar-refractivity contribution is 0.106. The van der Waals surface area contributed by atoms with Crippen molar-refractivity contribution in [1.82, 2.24) is 0 Å². The maximum absolute atomic E-state index is 14.4. The molecule has 0 saturated carbocycles. The Hall–Kier alpha value is -7.80. The second kappa shape index (κ2) is 12.6. The highest BCUT2D eigenvalue weighted by molar-refractivity contribution is 6.66. The van der Waals surface area contributed by atoms with Crippen LogP contribution in [0.3, 0.4) is 0 Å². The molecule has 294 valence electrons. The molecule has 9 rings (SSSR count). The van der Waals surface area contributed by atoms with Crippen molar-refractivity contribution in [1.29, 1.82) is 10.5 Å². The summed E-state index contributed by atoms with van der Waals surface area (Å²) in [6.07, 6.45) is 3.69. The minimum absolute atomic E-state index is 0.0705. The number of nitrogens with zero attached hydrogens (tertiary/aromatic N) is 6. The molecule has 4 aromatic carbocycles. The van der Waals surface area contributed by atoms with Gasteiger partial charge in [0.15, 0.2) is 23.3 Å². The van der Waals surface area contributed by atoms with Gasteiger partial charge in [-0.3, -0.25) is 9.59 Å². The number of halogens is 4. The van der Waals surface area contributed by atoms with Crippen LogP contribution in [0.5, 0.6) is 0 Å². The molecule has 0 unspecified atom stereocenters. The second-order valence-electron chi connectivity index (χ2n) is 17.0. The molecule has 0 aromatic heterocycles. The monoisotopic (exact) mass is 808 g/mol. The van der Waals surface area contributed by atoms with Crippen molar-refractivity contribution in [2.75, 3.05) is 0 Å². The van der Waals surface area contributed by atoms with Gasteiger partial charge in [-0.25, -0.2) is 47.8 Å². The quantitative estimate of drug-likeness (QED) is 0.114. The number of carbonyl (C=O) groups excluding carboxylic acids is 2. The van der Waals surface area contributed by atoms with Gasteiger partial charge in [0.25, 0.3) is 11.4 Å². The lowest BCUT2D eigenvalue weighted by Crippen LogP contribution is -2.20. The normalized spacial score (nSPS) is 20.7. The van der Waals surface area contributed by atoms with E-state index in [9.17, 15) is 37.7 Å². The van der Waals surface area contributed by atoms with Gasteiger partial charge in [-0.1, -0.05) is 41.5 Å². The lowest BCUT2D eigenvalue weighted by Gasteiger charge is -2.25. The van der Waals surface area contributed by atoms with Gasteiger partial charge in [0.2, 0.25) is 11.6 Å². The van der Waals surface area contributed by atoms with E-state index in [1.54, 1.807) is 12.1 Å². The van der Waals surface area contributed by atoms with Gasteiger partial charge in [0, 0.05) is 38.5 Å². The first-order valence-corrected chi connectivity index (χ1v) is 18.9. The van der Waals surface area contributed by atoms with Gasteiger partial charge in [-0.2, -0.15) is 0 Å². The minimum Gasteiger partial charge on any atom is -0.287 e. The van der Waals surface area contributed by atoms with Crippen LogP contribution in [0, 0.1) is 59.1 Å². The van der Waals surface area contributed by atoms with E-state index in [1.165, 1.54) is 0 Å². The van der Waals surface area contributed by atoms with Crippen molar-refractivity contribution < 1.29 is 27.2 Å². The van der Waals surface area contributed by atoms with Crippen molar-refractivity contribution in [3.8, 4) is 23.3 Å². The van der Waals surface area contributed by atoms with Crippen molar-refractivity contribution in [3.05, 3.63) is 173 Å². The molecular weight excluding hydrogens is 781 g/mol. The fourth-order valence-corrected chi connectivity index (χ4v) is 9.28. The van der Waals surface area contributed by atoms with Crippen molar-refractivity contribution in [3.63, 3.8) is 0 Å². The first kappa shape index (κ1) is 38.7. The fourth-order valence-electron chi connectivity index (χ4n) is 9.28. The molecule has 0 radical (unpaired) electrons. The predicted molar refractivity (Wildman–Crippen MR) is 221 cm³/mol. The number of allylic oxidation sites excluding steroid dienone is 6. The van der Waals surface area contributed by atoms with Crippen LogP contribution in [-0.4, -0.2) is 23.0 Å². The predicted octanol–water partition coefficient (Wildman–Crippen LogP) is 10.8. The summed E-state index contributed by atoms with van der Waals surface area (Å²) < 4.78 is 57.6. The van der Waals surface area contributed by atoms with Crippen LogP contribution in [0.25, 0.3) is 44.1 Å². The number of rotatable bonds is 2. The maximum atomic E-state index is 14.4. The molecule has 61 heavy (non-hydrogen) atoms. The molecular formula is C49H28F4N6O2. The van der Waals surface area contributed by atoms with Gasteiger partial charge in [-0.05, 0) is 116 Å². The first-order valence-electron chi connectivity index (χ1n) is 18.9. The summed E-state index contributed by atoms with van der Waals surface area (Å²) in [5.74, 6) is -6.39. The highest BCUT2D eigenvalue weighted by Crippen LogP contribution is 2.56. The third kappa shape index (κ3) is 5.13. The van der Waals surface area contributed by atoms with E-state index in [-0.39, 0.29) is 44.8 Å². The molecule has 5 aliphatic carbocycles. The number of Topliss-reactive ketones (excluding diaryl/α,β-unsaturated/α-hetero) is 2. The summed E-state index contributed by atoms with van der Waals surface area (Å²) in [6.45, 7) is 27.1. The zero-order chi connectivity index (χ0) is 43.8. The summed E-state index contributed by atoms with van der Waals surface area (Å²) in [5, 5.41) is 19.6. The molecule has 0 atom stereocenters. The number of carbonyl (C=O) groups is 2. The van der Waals surface area contributed by atoms with Crippen LogP contribution in [0.4, 0.5) is 17.6 Å². The molecule has 0 N–H and O–H groups in total. The summed E-state index contributed by atoms with van der Waals surface area (Å²) in [5.41, 5.74) is 3.90. The Bertz CT molecular complexity index is 3040. The average molecular weight is 809 g/mol. The molecule has 0 heterocycles. The Labute approximate surface area is 347 Å². The average Bonchev–Trinajstić information content (AvgIpc) is 3.87. The third-order valence-electron chi connectivity index (χ3n) is 12.7. The molecule has 4 aromatic rings. The van der Waals surface area contributed by atoms with Gasteiger partial charge < -0.3 is 0 Å². The molecule has 5 aliphatic rings. The Kier molecular flexibility index (Phi) is 8.00. The van der Waals surface area contributed by atoms with E-state index in [4.69, 9.17) is 23.1 Å². The number of ketones is 2. The SMILES string of the molecule is [C-]#[N+]C(C#N)=C1C(=NC2=Cc3cc4c(cc3C2(C)C)-c2cc3c(cc2C4(C)C)C=C(N=C2C(=O)c4cc(F)c(F)cc4/C2=C(/C#N)[N+]#[C-])C3(C)C)C(=O)c2cc(F)c(F)cc21. The van der Waals surface area contributed by atoms with E-state index in [0.29, 0.717) is 11.4 Å². The zero-order valence-electron chi connectivity index (χ0n) is 33.3. The zero-order valence-corrected chi connectivity index (χ0v) is 33.3. The number of nitriles is 2. The number of aliphatic imine (C=N–C) groups is 2. The standard InChI is InChI=1S/C49H28F4N6O2/c1-47(2)31-9-21-11-39(58-43-41(37(19-54)56-7)25-15-33(50)35(52)17-27(25)45(43)60)48(3,4)29(21)13-23(31)24-14-30-22(10-32(24)47)12-40(49(30,5)6)59-44-42(38(20-55)57-8)26-16-34(51)36(53)18-28(26)46(44)61/h9-18H,1-6H3/b41-37+,42-38?,58-43?,59-44?. The number of benzene rings is 4. The van der Waals surface area contributed by atoms with E-state index in [2.05, 4.69) is 47.8 Å². The topological polar surface area (TPSA) is 115 Å². The number of fused-ring (bicyclic) bond motifs is 7. The molecule has 12 heteroatoms. The highest BCUT2D eigenvalue weighted by Gasteiger charge is 2.45. The van der Waals surface area contributed by atoms with Crippen LogP contribution in [0.1, 0.15) is 107 Å². The van der Waals surface area contributed by atoms with E-state index in [1.807, 2.05) is 39.8 Å². The first-order chi connectivity index (χ1) is 28.8. The summed E-state index contributed by atoms with van der Waals surface area (Å²) >= 11 is 0. The third-order valence-corrected chi connectivity index (χ3v) is 12.7. The Morgan fingerprint density at radius 3 is 1.20 bits per heavy atom. The van der Waals surface area contributed by atoms with E-state index < -0.39 is 62.5 Å². The second-order valence-corrected chi connectivity index (χ2v) is 17.0. The van der Waals surface area contributed by atoms with Crippen LogP contribution in [-0.2, 0) is 16.2 Å². The Balaban J connectivity index is 1.13. The molecule has 0 saturated heterocycles. The van der Waals surface area contributed by atoms with Gasteiger partial charge in [0.05, 0.1) is 36.7 Å². The van der Waals surface area contributed by atoms with Gasteiger partial charge in [-0.15, -0.1) is 0 Å². The molecule has 0 aliphatic heterocycles. The molecule has 0 amide bonds. The van der Waals surface area contributed by atoms with Crippen LogP contribution in [0.15, 0.2) is 81.3 Å². The summed E-state index contributed by atoms with van der Waals surface area (Å²) in [4.78, 5) is 43.5. The minimum atomic E-state index is -1.24. The van der Waals surface area contributed by atoms with Crippen LogP contribution in [0.2, 0.25) is 0 Å². The van der Waals surface area contributed by atoms with Gasteiger partial charge in [0.1, 0.15) is 11.4 Å². The lowest BCUT2D eigenvalue weighted by atomic mass is 9.78.